The predicted molar refractivity (Wildman–Crippen MR) is 79.4 cm³/mol. The largest absolute Gasteiger partial charge is 0.314 e. The third-order valence-corrected chi connectivity index (χ3v) is 4.48. The zero-order valence-corrected chi connectivity index (χ0v) is 12.8. The minimum atomic E-state index is 0.394. The molecule has 1 saturated heterocycles. The molecular weight excluding hydrogens is 250 g/mol. The van der Waals surface area contributed by atoms with Crippen molar-refractivity contribution in [1.82, 2.24) is 25.0 Å². The number of nitrogens with zero attached hydrogens (tertiary/aromatic N) is 4. The first-order valence-electron chi connectivity index (χ1n) is 8.06. The second kappa shape index (κ2) is 6.22. The van der Waals surface area contributed by atoms with E-state index in [0.29, 0.717) is 6.04 Å². The highest BCUT2D eigenvalue weighted by molar-refractivity contribution is 4.89. The molecule has 2 fully saturated rings. The third-order valence-electron chi connectivity index (χ3n) is 4.48. The molecule has 112 valence electrons. The molecule has 1 N–H and O–H groups in total. The average Bonchev–Trinajstić information content (AvgIpc) is 3.16. The monoisotopic (exact) mass is 277 g/mol. The molecule has 0 atom stereocenters. The molecule has 0 aromatic carbocycles. The fraction of sp³-hybridized carbons (Fsp3) is 0.867. The number of piperidine rings is 1. The molecule has 1 aromatic rings. The molecule has 1 saturated carbocycles. The molecule has 2 aliphatic rings. The lowest BCUT2D eigenvalue weighted by Gasteiger charge is -2.32. The summed E-state index contributed by atoms with van der Waals surface area (Å²) in [5.74, 6) is 2.09. The highest BCUT2D eigenvalue weighted by atomic mass is 15.4. The summed E-state index contributed by atoms with van der Waals surface area (Å²) in [6.45, 7) is 8.85. The second-order valence-corrected chi connectivity index (χ2v) is 6.62. The van der Waals surface area contributed by atoms with E-state index in [4.69, 9.17) is 0 Å². The van der Waals surface area contributed by atoms with Crippen molar-refractivity contribution in [2.24, 2.45) is 5.92 Å². The van der Waals surface area contributed by atoms with Crippen LogP contribution in [0.1, 0.15) is 51.4 Å². The van der Waals surface area contributed by atoms with E-state index in [0.717, 1.165) is 24.3 Å². The van der Waals surface area contributed by atoms with E-state index >= 15 is 0 Å². The summed E-state index contributed by atoms with van der Waals surface area (Å²) in [6, 6.07) is 1.13. The molecule has 0 radical (unpaired) electrons. The van der Waals surface area contributed by atoms with Gasteiger partial charge >= 0.3 is 0 Å². The van der Waals surface area contributed by atoms with Gasteiger partial charge in [0.25, 0.3) is 0 Å². The first kappa shape index (κ1) is 14.0. The van der Waals surface area contributed by atoms with Gasteiger partial charge in [-0.1, -0.05) is 0 Å². The summed E-state index contributed by atoms with van der Waals surface area (Å²) in [4.78, 5) is 6.93. The molecule has 1 aliphatic heterocycles. The number of likely N-dealkylation sites (tertiary alicyclic amines) is 1. The van der Waals surface area contributed by atoms with Gasteiger partial charge in [0, 0.05) is 25.2 Å². The maximum Gasteiger partial charge on any atom is 0.141 e. The van der Waals surface area contributed by atoms with E-state index in [9.17, 15) is 0 Å². The summed E-state index contributed by atoms with van der Waals surface area (Å²) in [6.07, 6.45) is 7.09. The van der Waals surface area contributed by atoms with Gasteiger partial charge in [-0.25, -0.2) is 9.67 Å². The van der Waals surface area contributed by atoms with Crippen LogP contribution in [0.5, 0.6) is 0 Å². The molecule has 0 amide bonds. The lowest BCUT2D eigenvalue weighted by atomic mass is 10.0. The normalized spacial score (nSPS) is 21.8. The number of rotatable bonds is 6. The smallest absolute Gasteiger partial charge is 0.141 e. The molecule has 0 bridgehead atoms. The zero-order valence-electron chi connectivity index (χ0n) is 12.8. The molecule has 5 nitrogen and oxygen atoms in total. The molecule has 20 heavy (non-hydrogen) atoms. The summed E-state index contributed by atoms with van der Waals surface area (Å²) in [7, 11) is 0. The maximum atomic E-state index is 4.41. The topological polar surface area (TPSA) is 46.0 Å². The van der Waals surface area contributed by atoms with E-state index in [-0.39, 0.29) is 0 Å². The van der Waals surface area contributed by atoms with Gasteiger partial charge in [0.15, 0.2) is 0 Å². The summed E-state index contributed by atoms with van der Waals surface area (Å²) >= 11 is 0. The molecule has 2 heterocycles. The van der Waals surface area contributed by atoms with Gasteiger partial charge < -0.3 is 5.32 Å². The lowest BCUT2D eigenvalue weighted by Crippen LogP contribution is -2.43. The highest BCUT2D eigenvalue weighted by Gasteiger charge is 2.24. The van der Waals surface area contributed by atoms with Gasteiger partial charge in [-0.15, -0.1) is 0 Å². The van der Waals surface area contributed by atoms with Crippen LogP contribution in [0.4, 0.5) is 0 Å². The van der Waals surface area contributed by atoms with Crippen molar-refractivity contribution >= 4 is 0 Å². The molecule has 5 heteroatoms. The van der Waals surface area contributed by atoms with Crippen molar-refractivity contribution in [2.75, 3.05) is 19.6 Å². The van der Waals surface area contributed by atoms with Crippen molar-refractivity contribution in [3.8, 4) is 0 Å². The van der Waals surface area contributed by atoms with Crippen LogP contribution < -0.4 is 5.32 Å². The van der Waals surface area contributed by atoms with E-state index in [1.165, 1.54) is 45.3 Å². The van der Waals surface area contributed by atoms with Crippen molar-refractivity contribution < 1.29 is 0 Å². The first-order chi connectivity index (χ1) is 9.72. The van der Waals surface area contributed by atoms with Gasteiger partial charge in [-0.05, 0) is 52.0 Å². The van der Waals surface area contributed by atoms with Crippen LogP contribution in [0.2, 0.25) is 0 Å². The minimum Gasteiger partial charge on any atom is -0.314 e. The van der Waals surface area contributed by atoms with Crippen molar-refractivity contribution in [2.45, 2.75) is 58.2 Å². The quantitative estimate of drug-likeness (QED) is 0.861. The minimum absolute atomic E-state index is 0.394. The summed E-state index contributed by atoms with van der Waals surface area (Å²) in [5, 5.41) is 8.05. The first-order valence-corrected chi connectivity index (χ1v) is 8.06. The molecule has 3 rings (SSSR count). The molecule has 1 aliphatic carbocycles. The molecule has 0 unspecified atom stereocenters. The van der Waals surface area contributed by atoms with Gasteiger partial charge in [-0.2, -0.15) is 5.10 Å². The van der Waals surface area contributed by atoms with Crippen LogP contribution in [0.15, 0.2) is 6.33 Å². The number of aromatic nitrogens is 3. The Labute approximate surface area is 121 Å². The maximum absolute atomic E-state index is 4.41. The lowest BCUT2D eigenvalue weighted by molar-refractivity contribution is 0.182. The van der Waals surface area contributed by atoms with E-state index in [2.05, 4.69) is 34.1 Å². The fourth-order valence-corrected chi connectivity index (χ4v) is 2.97. The fourth-order valence-electron chi connectivity index (χ4n) is 2.97. The third kappa shape index (κ3) is 3.58. The number of hydrogen-bond acceptors (Lipinski definition) is 4. The van der Waals surface area contributed by atoms with Crippen LogP contribution >= 0.6 is 0 Å². The van der Waals surface area contributed by atoms with Crippen molar-refractivity contribution in [3.63, 3.8) is 0 Å². The van der Waals surface area contributed by atoms with Crippen LogP contribution in [-0.2, 0) is 6.54 Å². The van der Waals surface area contributed by atoms with Crippen LogP contribution in [0.3, 0.4) is 0 Å². The Bertz CT molecular complexity index is 416. The van der Waals surface area contributed by atoms with E-state index in [1.807, 2.05) is 4.68 Å². The Kier molecular flexibility index (Phi) is 4.36. The molecular formula is C15H27N5. The summed E-state index contributed by atoms with van der Waals surface area (Å²) < 4.78 is 2.04. The number of hydrogen-bond donors (Lipinski definition) is 1. The van der Waals surface area contributed by atoms with Gasteiger partial charge in [0.05, 0.1) is 6.54 Å². The van der Waals surface area contributed by atoms with E-state index in [1.54, 1.807) is 6.33 Å². The predicted octanol–water partition coefficient (Wildman–Crippen LogP) is 1.82. The second-order valence-electron chi connectivity index (χ2n) is 6.62. The Hall–Kier alpha value is -0.940. The van der Waals surface area contributed by atoms with Gasteiger partial charge in [0.1, 0.15) is 12.2 Å². The Morgan fingerprint density at radius 3 is 2.65 bits per heavy atom. The van der Waals surface area contributed by atoms with Gasteiger partial charge in [0.2, 0.25) is 0 Å². The SMILES string of the molecule is CC(C)n1ncnc1CN1CCC(NCC2CC2)CC1. The van der Waals surface area contributed by atoms with E-state index < -0.39 is 0 Å². The average molecular weight is 277 g/mol. The molecule has 0 spiro atoms. The zero-order chi connectivity index (χ0) is 13.9. The standard InChI is InChI=1S/C15H27N5/c1-12(2)20-15(17-11-18-20)10-19-7-5-14(6-8-19)16-9-13-3-4-13/h11-14,16H,3-10H2,1-2H3. The van der Waals surface area contributed by atoms with Crippen molar-refractivity contribution in [3.05, 3.63) is 12.2 Å². The summed E-state index contributed by atoms with van der Waals surface area (Å²) in [5.41, 5.74) is 0. The van der Waals surface area contributed by atoms with Crippen LogP contribution in [-0.4, -0.2) is 45.3 Å². The Morgan fingerprint density at radius 1 is 1.25 bits per heavy atom. The van der Waals surface area contributed by atoms with Crippen LogP contribution in [0.25, 0.3) is 0 Å². The Balaban J connectivity index is 1.44. The Morgan fingerprint density at radius 2 is 2.00 bits per heavy atom. The number of nitrogens with one attached hydrogen (secondary N) is 1. The highest BCUT2D eigenvalue weighted by Crippen LogP contribution is 2.28. The molecule has 1 aromatic heterocycles. The van der Waals surface area contributed by atoms with Crippen molar-refractivity contribution in [1.29, 1.82) is 0 Å². The van der Waals surface area contributed by atoms with Gasteiger partial charge in [-0.3, -0.25) is 4.90 Å². The van der Waals surface area contributed by atoms with Crippen LogP contribution in [0, 0.1) is 5.92 Å².